The third kappa shape index (κ3) is 2.60. The maximum atomic E-state index is 12.4. The molecule has 0 spiro atoms. The van der Waals surface area contributed by atoms with E-state index in [-0.39, 0.29) is 6.42 Å². The van der Waals surface area contributed by atoms with Crippen LogP contribution >= 0.6 is 0 Å². The molecule has 0 saturated heterocycles. The summed E-state index contributed by atoms with van der Waals surface area (Å²) in [6.07, 6.45) is 2.29. The minimum Gasteiger partial charge on any atom is -0.497 e. The largest absolute Gasteiger partial charge is 0.497 e. The van der Waals surface area contributed by atoms with Gasteiger partial charge in [-0.05, 0) is 29.7 Å². The monoisotopic (exact) mass is 318 g/mol. The van der Waals surface area contributed by atoms with Gasteiger partial charge in [0, 0.05) is 5.92 Å². The second-order valence-corrected chi connectivity index (χ2v) is 5.19. The van der Waals surface area contributed by atoms with Crippen LogP contribution in [-0.2, 0) is 23.9 Å². The molecule has 2 rings (SSSR count). The van der Waals surface area contributed by atoms with Crippen molar-refractivity contribution >= 4 is 18.2 Å². The summed E-state index contributed by atoms with van der Waals surface area (Å²) in [5.41, 5.74) is -0.600. The summed E-state index contributed by atoms with van der Waals surface area (Å²) >= 11 is 0. The summed E-state index contributed by atoms with van der Waals surface area (Å²) in [5.74, 6) is -1.58. The van der Waals surface area contributed by atoms with Crippen molar-refractivity contribution in [1.29, 1.82) is 0 Å². The van der Waals surface area contributed by atoms with E-state index in [0.29, 0.717) is 23.2 Å². The van der Waals surface area contributed by atoms with Crippen molar-refractivity contribution in [3.05, 3.63) is 41.5 Å². The summed E-state index contributed by atoms with van der Waals surface area (Å²) in [6.45, 7) is 0. The predicted octanol–water partition coefficient (Wildman–Crippen LogP) is 1.64. The number of ether oxygens (including phenoxy) is 3. The Kier molecular flexibility index (Phi) is 4.83. The lowest BCUT2D eigenvalue weighted by molar-refractivity contribution is -0.169. The number of hydrogen-bond donors (Lipinski definition) is 0. The van der Waals surface area contributed by atoms with E-state index in [9.17, 15) is 14.4 Å². The molecule has 1 aliphatic rings. The molecule has 1 aromatic rings. The van der Waals surface area contributed by atoms with Gasteiger partial charge in [0.25, 0.3) is 0 Å². The molecule has 0 radical (unpaired) electrons. The molecule has 6 nitrogen and oxygen atoms in total. The van der Waals surface area contributed by atoms with Crippen LogP contribution in [0.3, 0.4) is 0 Å². The van der Waals surface area contributed by atoms with Gasteiger partial charge in [0.15, 0.2) is 5.41 Å². The first-order valence-electron chi connectivity index (χ1n) is 7.01. The molecule has 1 atom stereocenters. The molecular weight excluding hydrogens is 300 g/mol. The molecule has 1 aliphatic carbocycles. The topological polar surface area (TPSA) is 78.9 Å². The van der Waals surface area contributed by atoms with Crippen molar-refractivity contribution in [2.45, 2.75) is 12.3 Å². The van der Waals surface area contributed by atoms with Crippen molar-refractivity contribution in [2.75, 3.05) is 21.3 Å². The molecule has 0 heterocycles. The second-order valence-electron chi connectivity index (χ2n) is 5.19. The zero-order chi connectivity index (χ0) is 17.0. The Bertz CT molecular complexity index is 628. The molecule has 0 aromatic heterocycles. The molecule has 0 N–H and O–H groups in total. The van der Waals surface area contributed by atoms with Gasteiger partial charge in [-0.25, -0.2) is 0 Å². The lowest BCUT2D eigenvalue weighted by Gasteiger charge is -2.31. The van der Waals surface area contributed by atoms with Crippen molar-refractivity contribution < 1.29 is 28.6 Å². The van der Waals surface area contributed by atoms with Crippen LogP contribution in [0.1, 0.15) is 17.9 Å². The fourth-order valence-corrected chi connectivity index (χ4v) is 3.04. The van der Waals surface area contributed by atoms with Crippen LogP contribution in [0.15, 0.2) is 35.9 Å². The van der Waals surface area contributed by atoms with E-state index in [1.807, 2.05) is 0 Å². The number of aldehydes is 1. The molecule has 0 amide bonds. The van der Waals surface area contributed by atoms with E-state index in [0.717, 1.165) is 0 Å². The number of methoxy groups -OCH3 is 3. The van der Waals surface area contributed by atoms with Crippen LogP contribution in [0.5, 0.6) is 5.75 Å². The van der Waals surface area contributed by atoms with Gasteiger partial charge >= 0.3 is 11.9 Å². The maximum Gasteiger partial charge on any atom is 0.324 e. The van der Waals surface area contributed by atoms with E-state index >= 15 is 0 Å². The summed E-state index contributed by atoms with van der Waals surface area (Å²) < 4.78 is 14.8. The number of carbonyl (C=O) groups is 3. The molecular formula is C17H18O6. The average Bonchev–Trinajstić information content (AvgIpc) is 3.00. The molecule has 23 heavy (non-hydrogen) atoms. The summed E-state index contributed by atoms with van der Waals surface area (Å²) in [7, 11) is 3.95. The van der Waals surface area contributed by atoms with E-state index in [4.69, 9.17) is 14.2 Å². The minimum absolute atomic E-state index is 0.0527. The van der Waals surface area contributed by atoms with Crippen LogP contribution in [0.2, 0.25) is 0 Å². The number of hydrogen-bond acceptors (Lipinski definition) is 6. The van der Waals surface area contributed by atoms with Gasteiger partial charge in [-0.3, -0.25) is 14.4 Å². The molecule has 6 heteroatoms. The molecule has 0 bridgehead atoms. The number of rotatable bonds is 5. The van der Waals surface area contributed by atoms with Crippen molar-refractivity contribution in [3.63, 3.8) is 0 Å². The Labute approximate surface area is 134 Å². The molecule has 122 valence electrons. The Morgan fingerprint density at radius 2 is 1.65 bits per heavy atom. The quantitative estimate of drug-likeness (QED) is 0.466. The Hall–Kier alpha value is -2.63. The van der Waals surface area contributed by atoms with Gasteiger partial charge < -0.3 is 14.2 Å². The normalized spacial score (nSPS) is 18.7. The zero-order valence-corrected chi connectivity index (χ0v) is 13.2. The lowest BCUT2D eigenvalue weighted by Crippen LogP contribution is -2.44. The molecule has 0 unspecified atom stereocenters. The molecule has 0 saturated carbocycles. The Morgan fingerprint density at radius 3 is 2.09 bits per heavy atom. The average molecular weight is 318 g/mol. The fourth-order valence-electron chi connectivity index (χ4n) is 3.04. The predicted molar refractivity (Wildman–Crippen MR) is 81.0 cm³/mol. The van der Waals surface area contributed by atoms with Crippen LogP contribution in [0, 0.1) is 5.41 Å². The molecule has 1 aromatic carbocycles. The summed E-state index contributed by atoms with van der Waals surface area (Å²) in [5, 5.41) is 0. The van der Waals surface area contributed by atoms with Gasteiger partial charge in [0.05, 0.1) is 21.3 Å². The standard InChI is InChI=1S/C17H18O6/c1-21-13-6-4-11(5-7-13)14-12(10-18)8-9-17(14,15(19)22-2)16(20)23-3/h4-8,10,14H,9H2,1-3H3/t14-/m1/s1. The fraction of sp³-hybridized carbons (Fsp3) is 0.353. The third-order valence-corrected chi connectivity index (χ3v) is 4.17. The Balaban J connectivity index is 2.59. The highest BCUT2D eigenvalue weighted by molar-refractivity contribution is 6.04. The lowest BCUT2D eigenvalue weighted by atomic mass is 9.71. The van der Waals surface area contributed by atoms with Crippen molar-refractivity contribution in [3.8, 4) is 5.75 Å². The third-order valence-electron chi connectivity index (χ3n) is 4.17. The van der Waals surface area contributed by atoms with Crippen LogP contribution in [-0.4, -0.2) is 39.6 Å². The smallest absolute Gasteiger partial charge is 0.324 e. The first-order valence-corrected chi connectivity index (χ1v) is 7.01. The van der Waals surface area contributed by atoms with Crippen molar-refractivity contribution in [2.24, 2.45) is 5.41 Å². The van der Waals surface area contributed by atoms with E-state index in [1.54, 1.807) is 30.3 Å². The number of carbonyl (C=O) groups excluding carboxylic acids is 3. The highest BCUT2D eigenvalue weighted by Gasteiger charge is 2.58. The second kappa shape index (κ2) is 6.64. The molecule has 0 fully saturated rings. The summed E-state index contributed by atoms with van der Waals surface area (Å²) in [4.78, 5) is 36.2. The van der Waals surface area contributed by atoms with E-state index < -0.39 is 23.3 Å². The van der Waals surface area contributed by atoms with Gasteiger partial charge in [-0.2, -0.15) is 0 Å². The zero-order valence-electron chi connectivity index (χ0n) is 13.2. The van der Waals surface area contributed by atoms with Crippen LogP contribution < -0.4 is 4.74 Å². The number of allylic oxidation sites excluding steroid dienone is 2. The van der Waals surface area contributed by atoms with Gasteiger partial charge in [0.1, 0.15) is 12.0 Å². The van der Waals surface area contributed by atoms with E-state index in [1.165, 1.54) is 21.3 Å². The van der Waals surface area contributed by atoms with Crippen LogP contribution in [0.4, 0.5) is 0 Å². The highest BCUT2D eigenvalue weighted by Crippen LogP contribution is 2.50. The number of esters is 2. The van der Waals surface area contributed by atoms with Crippen molar-refractivity contribution in [1.82, 2.24) is 0 Å². The van der Waals surface area contributed by atoms with Gasteiger partial charge in [-0.15, -0.1) is 0 Å². The first-order chi connectivity index (χ1) is 11.0. The van der Waals surface area contributed by atoms with Gasteiger partial charge in [-0.1, -0.05) is 18.2 Å². The van der Waals surface area contributed by atoms with E-state index in [2.05, 4.69) is 0 Å². The minimum atomic E-state index is -1.59. The van der Waals surface area contributed by atoms with Crippen LogP contribution in [0.25, 0.3) is 0 Å². The molecule has 0 aliphatic heterocycles. The first kappa shape index (κ1) is 16.7. The van der Waals surface area contributed by atoms with Gasteiger partial charge in [0.2, 0.25) is 0 Å². The highest BCUT2D eigenvalue weighted by atomic mass is 16.5. The number of benzene rings is 1. The maximum absolute atomic E-state index is 12.4. The summed E-state index contributed by atoms with van der Waals surface area (Å²) in [6, 6.07) is 6.84. The Morgan fingerprint density at radius 1 is 1.09 bits per heavy atom. The SMILES string of the molecule is COC(=O)C1(C(=O)OC)CC=C(C=O)[C@H]1c1ccc(OC)cc1.